The Hall–Kier alpha value is -1.16. The summed E-state index contributed by atoms with van der Waals surface area (Å²) in [4.78, 5) is 18.4. The summed E-state index contributed by atoms with van der Waals surface area (Å²) in [6.07, 6.45) is 1.80. The van der Waals surface area contributed by atoms with E-state index in [2.05, 4.69) is 16.9 Å². The number of nitrogens with zero attached hydrogens (tertiary/aromatic N) is 1. The maximum Gasteiger partial charge on any atom is 0.251 e. The van der Waals surface area contributed by atoms with Crippen LogP contribution in [0.5, 0.6) is 0 Å². The Kier molecular flexibility index (Phi) is 4.03. The molecule has 1 heterocycles. The van der Waals surface area contributed by atoms with Crippen LogP contribution >= 0.6 is 0 Å². The molecule has 15 heavy (non-hydrogen) atoms. The molecule has 1 unspecified atom stereocenters. The molecule has 1 aromatic heterocycles. The van der Waals surface area contributed by atoms with Crippen LogP contribution in [0.2, 0.25) is 0 Å². The van der Waals surface area contributed by atoms with Crippen LogP contribution in [0.15, 0.2) is 10.9 Å². The molecular weight excluding hydrogens is 190 g/mol. The molecule has 0 saturated carbocycles. The molecule has 4 heteroatoms. The molecule has 0 fully saturated rings. The zero-order chi connectivity index (χ0) is 11.4. The third-order valence-electron chi connectivity index (χ3n) is 2.35. The summed E-state index contributed by atoms with van der Waals surface area (Å²) in [6, 6.07) is 1.34. The molecule has 3 N–H and O–H groups in total. The number of nitrogens with two attached hydrogens (primary N) is 1. The van der Waals surface area contributed by atoms with Crippen LogP contribution in [0.4, 0.5) is 0 Å². The highest BCUT2D eigenvalue weighted by molar-refractivity contribution is 5.05. The molecule has 0 saturated heterocycles. The number of aryl methyl sites for hydroxylation is 1. The number of rotatable bonds is 4. The van der Waals surface area contributed by atoms with Gasteiger partial charge in [-0.15, -0.1) is 0 Å². The quantitative estimate of drug-likeness (QED) is 0.786. The topological polar surface area (TPSA) is 71.8 Å². The summed E-state index contributed by atoms with van der Waals surface area (Å²) in [5.41, 5.74) is 6.65. The number of nitrogens with one attached hydrogen (secondary N) is 1. The average molecular weight is 209 g/mol. The molecular formula is C11H19N3O. The van der Waals surface area contributed by atoms with E-state index in [-0.39, 0.29) is 17.5 Å². The predicted octanol–water partition coefficient (Wildman–Crippen LogP) is 1.38. The molecule has 0 aliphatic heterocycles. The van der Waals surface area contributed by atoms with Crippen molar-refractivity contribution in [2.24, 2.45) is 11.7 Å². The standard InChI is InChI=1S/C11H19N3O/c1-4-5-8-6-9(15)14-11(13-8)10(12)7(2)3/h6-7,10H,4-5,12H2,1-3H3,(H,13,14,15). The Morgan fingerprint density at radius 1 is 1.53 bits per heavy atom. The zero-order valence-corrected chi connectivity index (χ0v) is 9.58. The molecule has 4 nitrogen and oxygen atoms in total. The minimum absolute atomic E-state index is 0.112. The van der Waals surface area contributed by atoms with Gasteiger partial charge < -0.3 is 10.7 Å². The maximum absolute atomic E-state index is 11.4. The molecule has 1 atom stereocenters. The minimum Gasteiger partial charge on any atom is -0.321 e. The highest BCUT2D eigenvalue weighted by Gasteiger charge is 2.13. The van der Waals surface area contributed by atoms with Crippen molar-refractivity contribution in [1.82, 2.24) is 9.97 Å². The predicted molar refractivity (Wildman–Crippen MR) is 60.6 cm³/mol. The van der Waals surface area contributed by atoms with Gasteiger partial charge in [-0.3, -0.25) is 4.79 Å². The van der Waals surface area contributed by atoms with Crippen molar-refractivity contribution in [1.29, 1.82) is 0 Å². The van der Waals surface area contributed by atoms with E-state index in [4.69, 9.17) is 5.73 Å². The van der Waals surface area contributed by atoms with E-state index in [9.17, 15) is 4.79 Å². The molecule has 0 amide bonds. The van der Waals surface area contributed by atoms with E-state index in [0.29, 0.717) is 5.82 Å². The van der Waals surface area contributed by atoms with E-state index >= 15 is 0 Å². The lowest BCUT2D eigenvalue weighted by molar-refractivity contribution is 0.486. The van der Waals surface area contributed by atoms with Crippen molar-refractivity contribution >= 4 is 0 Å². The largest absolute Gasteiger partial charge is 0.321 e. The molecule has 0 spiro atoms. The first-order chi connectivity index (χ1) is 7.04. The lowest BCUT2D eigenvalue weighted by atomic mass is 10.0. The van der Waals surface area contributed by atoms with Crippen LogP contribution in [0.1, 0.15) is 44.8 Å². The second-order valence-electron chi connectivity index (χ2n) is 4.14. The van der Waals surface area contributed by atoms with Crippen molar-refractivity contribution in [2.75, 3.05) is 0 Å². The summed E-state index contributed by atoms with van der Waals surface area (Å²) in [5, 5.41) is 0. The maximum atomic E-state index is 11.4. The van der Waals surface area contributed by atoms with Gasteiger partial charge in [-0.1, -0.05) is 27.2 Å². The fourth-order valence-corrected chi connectivity index (χ4v) is 1.39. The molecule has 1 aromatic rings. The second kappa shape index (κ2) is 5.07. The normalized spacial score (nSPS) is 13.1. The summed E-state index contributed by atoms with van der Waals surface area (Å²) >= 11 is 0. The van der Waals surface area contributed by atoms with Crippen molar-refractivity contribution in [3.63, 3.8) is 0 Å². The van der Waals surface area contributed by atoms with E-state index in [1.165, 1.54) is 0 Å². The van der Waals surface area contributed by atoms with Gasteiger partial charge in [-0.25, -0.2) is 4.98 Å². The first-order valence-corrected chi connectivity index (χ1v) is 5.40. The van der Waals surface area contributed by atoms with Crippen LogP contribution in [0.25, 0.3) is 0 Å². The third kappa shape index (κ3) is 3.16. The molecule has 0 bridgehead atoms. The van der Waals surface area contributed by atoms with Gasteiger partial charge in [0, 0.05) is 11.8 Å². The smallest absolute Gasteiger partial charge is 0.251 e. The first-order valence-electron chi connectivity index (χ1n) is 5.40. The Labute approximate surface area is 89.9 Å². The minimum atomic E-state index is -0.200. The molecule has 0 radical (unpaired) electrons. The molecule has 0 aliphatic carbocycles. The SMILES string of the molecule is CCCc1cc(=O)[nH]c(C(N)C(C)C)n1. The van der Waals surface area contributed by atoms with Crippen molar-refractivity contribution in [3.05, 3.63) is 27.9 Å². The Morgan fingerprint density at radius 2 is 2.20 bits per heavy atom. The van der Waals surface area contributed by atoms with Crippen molar-refractivity contribution in [2.45, 2.75) is 39.7 Å². The molecule has 1 rings (SSSR count). The van der Waals surface area contributed by atoms with Gasteiger partial charge in [0.1, 0.15) is 5.82 Å². The summed E-state index contributed by atoms with van der Waals surface area (Å²) < 4.78 is 0. The number of hydrogen-bond acceptors (Lipinski definition) is 3. The van der Waals surface area contributed by atoms with E-state index < -0.39 is 0 Å². The molecule has 0 aliphatic rings. The Balaban J connectivity index is 3.03. The summed E-state index contributed by atoms with van der Waals surface area (Å²) in [6.45, 7) is 6.08. The van der Waals surface area contributed by atoms with E-state index in [1.807, 2.05) is 13.8 Å². The summed E-state index contributed by atoms with van der Waals surface area (Å²) in [7, 11) is 0. The van der Waals surface area contributed by atoms with Crippen LogP contribution < -0.4 is 11.3 Å². The van der Waals surface area contributed by atoms with Crippen molar-refractivity contribution < 1.29 is 0 Å². The number of H-pyrrole nitrogens is 1. The monoisotopic (exact) mass is 209 g/mol. The number of hydrogen-bond donors (Lipinski definition) is 2. The number of aromatic amines is 1. The van der Waals surface area contributed by atoms with Crippen LogP contribution in [0.3, 0.4) is 0 Å². The lowest BCUT2D eigenvalue weighted by Gasteiger charge is -2.14. The van der Waals surface area contributed by atoms with Crippen LogP contribution in [-0.4, -0.2) is 9.97 Å². The second-order valence-corrected chi connectivity index (χ2v) is 4.14. The van der Waals surface area contributed by atoms with Gasteiger partial charge in [-0.2, -0.15) is 0 Å². The highest BCUT2D eigenvalue weighted by Crippen LogP contribution is 2.13. The Morgan fingerprint density at radius 3 is 2.73 bits per heavy atom. The summed E-state index contributed by atoms with van der Waals surface area (Å²) in [5.74, 6) is 0.867. The average Bonchev–Trinajstić information content (AvgIpc) is 2.16. The fourth-order valence-electron chi connectivity index (χ4n) is 1.39. The van der Waals surface area contributed by atoms with Gasteiger partial charge in [0.2, 0.25) is 0 Å². The fraction of sp³-hybridized carbons (Fsp3) is 0.636. The van der Waals surface area contributed by atoms with Crippen LogP contribution in [-0.2, 0) is 6.42 Å². The number of aromatic nitrogens is 2. The van der Waals surface area contributed by atoms with Crippen LogP contribution in [0, 0.1) is 5.92 Å². The molecule has 0 aromatic carbocycles. The van der Waals surface area contributed by atoms with Gasteiger partial charge in [0.25, 0.3) is 5.56 Å². The van der Waals surface area contributed by atoms with Gasteiger partial charge in [0.15, 0.2) is 0 Å². The molecule has 84 valence electrons. The Bertz CT molecular complexity index is 370. The van der Waals surface area contributed by atoms with Gasteiger partial charge in [-0.05, 0) is 12.3 Å². The first kappa shape index (κ1) is 11.9. The zero-order valence-electron chi connectivity index (χ0n) is 9.58. The van der Waals surface area contributed by atoms with E-state index in [1.54, 1.807) is 6.07 Å². The third-order valence-corrected chi connectivity index (χ3v) is 2.35. The van der Waals surface area contributed by atoms with Gasteiger partial charge in [0.05, 0.1) is 6.04 Å². The highest BCUT2D eigenvalue weighted by atomic mass is 16.1. The lowest BCUT2D eigenvalue weighted by Crippen LogP contribution is -2.24. The van der Waals surface area contributed by atoms with Gasteiger partial charge >= 0.3 is 0 Å². The van der Waals surface area contributed by atoms with Crippen molar-refractivity contribution in [3.8, 4) is 0 Å². The van der Waals surface area contributed by atoms with E-state index in [0.717, 1.165) is 18.5 Å².